The molecule has 1 N–H and O–H groups in total. The topological polar surface area (TPSA) is 54.5 Å². The number of ether oxygens (including phenoxy) is 1. The molecule has 2 heterocycles. The highest BCUT2D eigenvalue weighted by Gasteiger charge is 2.32. The van der Waals surface area contributed by atoms with Gasteiger partial charge in [0.1, 0.15) is 0 Å². The summed E-state index contributed by atoms with van der Waals surface area (Å²) < 4.78 is 5.73. The molecule has 1 aliphatic rings. The first-order valence-corrected chi connectivity index (χ1v) is 7.14. The summed E-state index contributed by atoms with van der Waals surface area (Å²) in [4.78, 5) is 18.2. The van der Waals surface area contributed by atoms with Crippen molar-refractivity contribution >= 4 is 23.3 Å². The molecule has 110 valence electrons. The Hall–Kier alpha value is -1.33. The molecule has 5 nitrogen and oxygen atoms in total. The van der Waals surface area contributed by atoms with Gasteiger partial charge in [0, 0.05) is 12.7 Å². The number of pyridine rings is 1. The van der Waals surface area contributed by atoms with Gasteiger partial charge in [-0.3, -0.25) is 4.98 Å². The zero-order valence-corrected chi connectivity index (χ0v) is 12.8. The Morgan fingerprint density at radius 1 is 1.65 bits per heavy atom. The van der Waals surface area contributed by atoms with Crippen LogP contribution in [0.5, 0.6) is 0 Å². The van der Waals surface area contributed by atoms with Gasteiger partial charge in [0.25, 0.3) is 0 Å². The van der Waals surface area contributed by atoms with Crippen molar-refractivity contribution in [2.75, 3.05) is 25.0 Å². The van der Waals surface area contributed by atoms with Crippen molar-refractivity contribution in [1.82, 2.24) is 9.88 Å². The van der Waals surface area contributed by atoms with Crippen LogP contribution < -0.4 is 5.32 Å². The van der Waals surface area contributed by atoms with Gasteiger partial charge in [-0.05, 0) is 26.3 Å². The minimum Gasteiger partial charge on any atom is -0.372 e. The number of rotatable bonds is 2. The van der Waals surface area contributed by atoms with E-state index in [4.69, 9.17) is 16.3 Å². The zero-order valence-electron chi connectivity index (χ0n) is 12.1. The summed E-state index contributed by atoms with van der Waals surface area (Å²) in [6.07, 6.45) is 2.50. The number of anilines is 1. The molecule has 0 aromatic carbocycles. The summed E-state index contributed by atoms with van der Waals surface area (Å²) in [6, 6.07) is 1.55. The summed E-state index contributed by atoms with van der Waals surface area (Å²) >= 11 is 6.14. The van der Waals surface area contributed by atoms with E-state index in [1.54, 1.807) is 24.1 Å². The molecule has 1 aliphatic heterocycles. The van der Waals surface area contributed by atoms with Crippen molar-refractivity contribution in [3.8, 4) is 0 Å². The molecule has 0 aliphatic carbocycles. The first kappa shape index (κ1) is 15.1. The lowest BCUT2D eigenvalue weighted by atomic mass is 10.0. The lowest BCUT2D eigenvalue weighted by Gasteiger charge is -2.39. The van der Waals surface area contributed by atoms with Crippen LogP contribution in [0.2, 0.25) is 5.02 Å². The Morgan fingerprint density at radius 2 is 2.40 bits per heavy atom. The zero-order chi connectivity index (χ0) is 14.8. The Balaban J connectivity index is 2.06. The first-order valence-electron chi connectivity index (χ1n) is 6.76. The highest BCUT2D eigenvalue weighted by atomic mass is 35.5. The maximum atomic E-state index is 12.3. The van der Waals surface area contributed by atoms with Crippen molar-refractivity contribution in [1.29, 1.82) is 0 Å². The van der Waals surface area contributed by atoms with Crippen LogP contribution in [0.1, 0.15) is 26.0 Å². The molecule has 1 aromatic rings. The van der Waals surface area contributed by atoms with Crippen LogP contribution >= 0.6 is 11.6 Å². The molecule has 0 saturated carbocycles. The molecular formula is C14H20ClN3O2. The van der Waals surface area contributed by atoms with Gasteiger partial charge in [-0.25, -0.2) is 4.79 Å². The number of hydrogen-bond acceptors (Lipinski definition) is 3. The summed E-state index contributed by atoms with van der Waals surface area (Å²) in [5.74, 6) is 0. The van der Waals surface area contributed by atoms with E-state index in [0.29, 0.717) is 36.1 Å². The van der Waals surface area contributed by atoms with Gasteiger partial charge < -0.3 is 15.0 Å². The number of carbonyl (C=O) groups excluding carboxylic acids is 1. The number of amides is 2. The fourth-order valence-electron chi connectivity index (χ4n) is 2.16. The Labute approximate surface area is 124 Å². The Bertz CT molecular complexity index is 509. The first-order chi connectivity index (χ1) is 9.45. The smallest absolute Gasteiger partial charge is 0.322 e. The highest BCUT2D eigenvalue weighted by Crippen LogP contribution is 2.25. The largest absolute Gasteiger partial charge is 0.372 e. The van der Waals surface area contributed by atoms with E-state index >= 15 is 0 Å². The molecule has 0 unspecified atom stereocenters. The summed E-state index contributed by atoms with van der Waals surface area (Å²) in [6.45, 7) is 7.61. The Kier molecular flexibility index (Phi) is 4.50. The Morgan fingerprint density at radius 3 is 3.10 bits per heavy atom. The van der Waals surface area contributed by atoms with Crippen LogP contribution in [-0.2, 0) is 4.74 Å². The number of aryl methyl sites for hydroxylation is 1. The summed E-state index contributed by atoms with van der Waals surface area (Å²) in [5, 5.41) is 3.32. The fraction of sp³-hybridized carbons (Fsp3) is 0.571. The summed E-state index contributed by atoms with van der Waals surface area (Å²) in [5.41, 5.74) is 1.02. The lowest BCUT2D eigenvalue weighted by molar-refractivity contribution is -0.0860. The number of aromatic nitrogens is 1. The van der Waals surface area contributed by atoms with Gasteiger partial charge in [-0.2, -0.15) is 0 Å². The quantitative estimate of drug-likeness (QED) is 0.912. The summed E-state index contributed by atoms with van der Waals surface area (Å²) in [7, 11) is 0. The van der Waals surface area contributed by atoms with Gasteiger partial charge in [-0.15, -0.1) is 0 Å². The second kappa shape index (κ2) is 5.97. The minimum absolute atomic E-state index is 0.152. The van der Waals surface area contributed by atoms with E-state index in [1.165, 1.54) is 0 Å². The van der Waals surface area contributed by atoms with Gasteiger partial charge in [-0.1, -0.05) is 18.5 Å². The normalized spacial score (nSPS) is 22.7. The van der Waals surface area contributed by atoms with Crippen molar-refractivity contribution in [2.45, 2.75) is 32.8 Å². The predicted molar refractivity (Wildman–Crippen MR) is 79.2 cm³/mol. The number of hydrogen-bond donors (Lipinski definition) is 1. The molecule has 0 radical (unpaired) electrons. The van der Waals surface area contributed by atoms with Crippen LogP contribution in [0.15, 0.2) is 12.3 Å². The predicted octanol–water partition coefficient (Wildman–Crippen LogP) is 3.08. The van der Waals surface area contributed by atoms with Crippen LogP contribution in [-0.4, -0.2) is 41.2 Å². The van der Waals surface area contributed by atoms with Gasteiger partial charge in [0.15, 0.2) is 0 Å². The maximum absolute atomic E-state index is 12.3. The van der Waals surface area contributed by atoms with Gasteiger partial charge >= 0.3 is 6.03 Å². The van der Waals surface area contributed by atoms with E-state index in [-0.39, 0.29) is 11.6 Å². The van der Waals surface area contributed by atoms with Crippen LogP contribution in [0.25, 0.3) is 0 Å². The number of morpholine rings is 1. The average molecular weight is 298 g/mol. The number of nitrogens with one attached hydrogen (secondary N) is 1. The highest BCUT2D eigenvalue weighted by molar-refractivity contribution is 6.34. The van der Waals surface area contributed by atoms with E-state index in [2.05, 4.69) is 17.2 Å². The second-order valence-corrected chi connectivity index (χ2v) is 5.64. The van der Waals surface area contributed by atoms with Crippen molar-refractivity contribution < 1.29 is 9.53 Å². The van der Waals surface area contributed by atoms with Crippen molar-refractivity contribution in [2.24, 2.45) is 0 Å². The van der Waals surface area contributed by atoms with E-state index in [0.717, 1.165) is 6.42 Å². The SMILES string of the molecule is CC[C@]1(C)CN(C(=O)Nc2ccnc(C)c2Cl)CCO1. The monoisotopic (exact) mass is 297 g/mol. The van der Waals surface area contributed by atoms with Crippen molar-refractivity contribution in [3.05, 3.63) is 23.0 Å². The van der Waals surface area contributed by atoms with Crippen LogP contribution in [0.4, 0.5) is 10.5 Å². The molecule has 0 bridgehead atoms. The fourth-order valence-corrected chi connectivity index (χ4v) is 2.32. The molecule has 6 heteroatoms. The van der Waals surface area contributed by atoms with E-state index in [9.17, 15) is 4.79 Å². The standard InChI is InChI=1S/C14H20ClN3O2/c1-4-14(3)9-18(7-8-20-14)13(19)17-11-5-6-16-10(2)12(11)15/h5-6H,4,7-9H2,1-3H3,(H,16,17,19)/t14-/m1/s1. The molecular weight excluding hydrogens is 278 g/mol. The number of nitrogens with zero attached hydrogens (tertiary/aromatic N) is 2. The van der Waals surface area contributed by atoms with Crippen LogP contribution in [0, 0.1) is 6.92 Å². The molecule has 2 amide bonds. The average Bonchev–Trinajstić information content (AvgIpc) is 2.44. The van der Waals surface area contributed by atoms with Crippen LogP contribution in [0.3, 0.4) is 0 Å². The molecule has 1 aromatic heterocycles. The molecule has 1 saturated heterocycles. The second-order valence-electron chi connectivity index (χ2n) is 5.26. The van der Waals surface area contributed by atoms with Gasteiger partial charge in [0.05, 0.1) is 35.2 Å². The van der Waals surface area contributed by atoms with Gasteiger partial charge in [0.2, 0.25) is 0 Å². The van der Waals surface area contributed by atoms with E-state index in [1.807, 2.05) is 6.92 Å². The third-order valence-electron chi connectivity index (χ3n) is 3.68. The molecule has 1 fully saturated rings. The number of carbonyl (C=O) groups is 1. The lowest BCUT2D eigenvalue weighted by Crippen LogP contribution is -2.53. The minimum atomic E-state index is -0.270. The molecule has 20 heavy (non-hydrogen) atoms. The van der Waals surface area contributed by atoms with Crippen molar-refractivity contribution in [3.63, 3.8) is 0 Å². The number of urea groups is 1. The van der Waals surface area contributed by atoms with E-state index < -0.39 is 0 Å². The third-order valence-corrected chi connectivity index (χ3v) is 4.15. The number of halogens is 1. The molecule has 2 rings (SSSR count). The maximum Gasteiger partial charge on any atom is 0.322 e. The third kappa shape index (κ3) is 3.22. The molecule has 1 atom stereocenters. The molecule has 0 spiro atoms.